The van der Waals surface area contributed by atoms with Gasteiger partial charge in [0.25, 0.3) is 11.5 Å². The quantitative estimate of drug-likeness (QED) is 0.830. The Hall–Kier alpha value is -2.56. The van der Waals surface area contributed by atoms with Crippen LogP contribution in [0.1, 0.15) is 28.9 Å². The number of rotatable bonds is 3. The standard InChI is InChI=1S/C15H17N3O2/c1-10(11-3-5-13(16)6-4-11)17-15(20)12-7-8-18(2)14(19)9-12/h3-10H,16H2,1-2H3,(H,17,20). The van der Waals surface area contributed by atoms with E-state index in [-0.39, 0.29) is 17.5 Å². The normalized spacial score (nSPS) is 11.9. The van der Waals surface area contributed by atoms with Gasteiger partial charge >= 0.3 is 0 Å². The largest absolute Gasteiger partial charge is 0.399 e. The molecule has 0 aliphatic carbocycles. The zero-order valence-corrected chi connectivity index (χ0v) is 11.5. The predicted octanol–water partition coefficient (Wildman–Crippen LogP) is 1.46. The SMILES string of the molecule is CC(NC(=O)c1ccn(C)c(=O)c1)c1ccc(N)cc1. The van der Waals surface area contributed by atoms with Crippen LogP contribution < -0.4 is 16.6 Å². The summed E-state index contributed by atoms with van der Waals surface area (Å²) in [5.41, 5.74) is 7.41. The average Bonchev–Trinajstić information content (AvgIpc) is 2.42. The highest BCUT2D eigenvalue weighted by molar-refractivity contribution is 5.94. The number of hydrogen-bond acceptors (Lipinski definition) is 3. The molecule has 1 aromatic carbocycles. The van der Waals surface area contributed by atoms with E-state index in [0.717, 1.165) is 5.56 Å². The molecule has 0 saturated heterocycles. The Kier molecular flexibility index (Phi) is 3.89. The van der Waals surface area contributed by atoms with Gasteiger partial charge in [-0.2, -0.15) is 0 Å². The Morgan fingerprint density at radius 1 is 1.25 bits per heavy atom. The van der Waals surface area contributed by atoms with E-state index in [2.05, 4.69) is 5.32 Å². The Morgan fingerprint density at radius 2 is 1.90 bits per heavy atom. The van der Waals surface area contributed by atoms with Crippen molar-refractivity contribution < 1.29 is 4.79 Å². The van der Waals surface area contributed by atoms with Gasteiger partial charge in [0.2, 0.25) is 0 Å². The van der Waals surface area contributed by atoms with Crippen LogP contribution >= 0.6 is 0 Å². The van der Waals surface area contributed by atoms with Gasteiger partial charge in [-0.25, -0.2) is 0 Å². The van der Waals surface area contributed by atoms with Gasteiger partial charge in [0, 0.05) is 30.6 Å². The molecule has 0 radical (unpaired) electrons. The van der Waals surface area contributed by atoms with E-state index < -0.39 is 0 Å². The number of nitrogens with two attached hydrogens (primary N) is 1. The molecule has 0 aliphatic rings. The second kappa shape index (κ2) is 5.61. The van der Waals surface area contributed by atoms with Gasteiger partial charge in [0.1, 0.15) is 0 Å². The summed E-state index contributed by atoms with van der Waals surface area (Å²) < 4.78 is 1.42. The number of pyridine rings is 1. The van der Waals surface area contributed by atoms with E-state index in [0.29, 0.717) is 11.3 Å². The zero-order valence-electron chi connectivity index (χ0n) is 11.5. The molecule has 0 aliphatic heterocycles. The second-order valence-electron chi connectivity index (χ2n) is 4.73. The van der Waals surface area contributed by atoms with Crippen molar-refractivity contribution in [3.05, 3.63) is 64.1 Å². The molecule has 1 heterocycles. The molecule has 1 unspecified atom stereocenters. The van der Waals surface area contributed by atoms with Crippen molar-refractivity contribution in [2.24, 2.45) is 7.05 Å². The van der Waals surface area contributed by atoms with E-state index in [9.17, 15) is 9.59 Å². The summed E-state index contributed by atoms with van der Waals surface area (Å²) in [5, 5.41) is 2.85. The Bertz CT molecular complexity index is 674. The number of nitrogens with zero attached hydrogens (tertiary/aromatic N) is 1. The molecule has 5 heteroatoms. The molecule has 104 valence electrons. The van der Waals surface area contributed by atoms with Gasteiger partial charge in [0.05, 0.1) is 6.04 Å². The third kappa shape index (κ3) is 3.06. The molecule has 3 N–H and O–H groups in total. The number of aromatic nitrogens is 1. The minimum Gasteiger partial charge on any atom is -0.399 e. The highest BCUT2D eigenvalue weighted by atomic mass is 16.2. The predicted molar refractivity (Wildman–Crippen MR) is 78.4 cm³/mol. The summed E-state index contributed by atoms with van der Waals surface area (Å²) in [6.07, 6.45) is 1.57. The summed E-state index contributed by atoms with van der Waals surface area (Å²) in [6.45, 7) is 1.88. The molecule has 20 heavy (non-hydrogen) atoms. The number of carbonyl (C=O) groups excluding carboxylic acids is 1. The number of benzene rings is 1. The molecule has 5 nitrogen and oxygen atoms in total. The smallest absolute Gasteiger partial charge is 0.252 e. The lowest BCUT2D eigenvalue weighted by atomic mass is 10.1. The summed E-state index contributed by atoms with van der Waals surface area (Å²) >= 11 is 0. The van der Waals surface area contributed by atoms with Gasteiger partial charge in [-0.15, -0.1) is 0 Å². The lowest BCUT2D eigenvalue weighted by molar-refractivity contribution is 0.0939. The fourth-order valence-electron chi connectivity index (χ4n) is 1.84. The number of anilines is 1. The lowest BCUT2D eigenvalue weighted by Gasteiger charge is -2.14. The first kappa shape index (κ1) is 13.9. The van der Waals surface area contributed by atoms with Crippen LogP contribution in [0.25, 0.3) is 0 Å². The van der Waals surface area contributed by atoms with Crippen molar-refractivity contribution >= 4 is 11.6 Å². The molecule has 2 aromatic rings. The number of nitrogen functional groups attached to an aromatic ring is 1. The maximum atomic E-state index is 12.1. The fraction of sp³-hybridized carbons (Fsp3) is 0.200. The third-order valence-electron chi connectivity index (χ3n) is 3.15. The van der Waals surface area contributed by atoms with Crippen molar-refractivity contribution in [1.82, 2.24) is 9.88 Å². The zero-order chi connectivity index (χ0) is 14.7. The van der Waals surface area contributed by atoms with Crippen LogP contribution in [0.15, 0.2) is 47.4 Å². The Morgan fingerprint density at radius 3 is 2.50 bits per heavy atom. The van der Waals surface area contributed by atoms with Crippen LogP contribution in [0.4, 0.5) is 5.69 Å². The summed E-state index contributed by atoms with van der Waals surface area (Å²) in [6, 6.07) is 10.1. The number of hydrogen-bond donors (Lipinski definition) is 2. The number of carbonyl (C=O) groups is 1. The highest BCUT2D eigenvalue weighted by Crippen LogP contribution is 2.14. The van der Waals surface area contributed by atoms with Crippen LogP contribution in [0, 0.1) is 0 Å². The molecule has 1 atom stereocenters. The summed E-state index contributed by atoms with van der Waals surface area (Å²) in [5.74, 6) is -0.271. The van der Waals surface area contributed by atoms with Crippen LogP contribution in [-0.4, -0.2) is 10.5 Å². The van der Waals surface area contributed by atoms with Gasteiger partial charge < -0.3 is 15.6 Å². The van der Waals surface area contributed by atoms with Crippen molar-refractivity contribution in [3.63, 3.8) is 0 Å². The van der Waals surface area contributed by atoms with Crippen LogP contribution in [0.5, 0.6) is 0 Å². The molecule has 1 amide bonds. The maximum Gasteiger partial charge on any atom is 0.252 e. The monoisotopic (exact) mass is 271 g/mol. The topological polar surface area (TPSA) is 77.1 Å². The average molecular weight is 271 g/mol. The van der Waals surface area contributed by atoms with Gasteiger partial charge in [-0.05, 0) is 30.7 Å². The minimum atomic E-state index is -0.271. The number of nitrogens with one attached hydrogen (secondary N) is 1. The van der Waals surface area contributed by atoms with Gasteiger partial charge in [-0.1, -0.05) is 12.1 Å². The van der Waals surface area contributed by atoms with Crippen LogP contribution in [-0.2, 0) is 7.05 Å². The van der Waals surface area contributed by atoms with Crippen LogP contribution in [0.2, 0.25) is 0 Å². The minimum absolute atomic E-state index is 0.160. The van der Waals surface area contributed by atoms with E-state index >= 15 is 0 Å². The molecule has 0 spiro atoms. The molecule has 2 rings (SSSR count). The third-order valence-corrected chi connectivity index (χ3v) is 3.15. The molecule has 0 bridgehead atoms. The molecular formula is C15H17N3O2. The first-order valence-corrected chi connectivity index (χ1v) is 6.30. The van der Waals surface area contributed by atoms with Crippen molar-refractivity contribution in [3.8, 4) is 0 Å². The first-order chi connectivity index (χ1) is 9.47. The van der Waals surface area contributed by atoms with E-state index in [1.807, 2.05) is 19.1 Å². The fourth-order valence-corrected chi connectivity index (χ4v) is 1.84. The summed E-state index contributed by atoms with van der Waals surface area (Å²) in [7, 11) is 1.64. The van der Waals surface area contributed by atoms with Gasteiger partial charge in [0.15, 0.2) is 0 Å². The highest BCUT2D eigenvalue weighted by Gasteiger charge is 2.12. The van der Waals surface area contributed by atoms with Crippen molar-refractivity contribution in [2.45, 2.75) is 13.0 Å². The molecule has 0 saturated carbocycles. The Balaban J connectivity index is 2.12. The molecule has 0 fully saturated rings. The Labute approximate surface area is 117 Å². The van der Waals surface area contributed by atoms with E-state index in [1.54, 1.807) is 31.4 Å². The van der Waals surface area contributed by atoms with E-state index in [1.165, 1.54) is 10.6 Å². The van der Waals surface area contributed by atoms with Gasteiger partial charge in [-0.3, -0.25) is 9.59 Å². The first-order valence-electron chi connectivity index (χ1n) is 6.30. The lowest BCUT2D eigenvalue weighted by Crippen LogP contribution is -2.28. The second-order valence-corrected chi connectivity index (χ2v) is 4.73. The number of amides is 1. The summed E-state index contributed by atoms with van der Waals surface area (Å²) in [4.78, 5) is 23.6. The number of aryl methyl sites for hydroxylation is 1. The van der Waals surface area contributed by atoms with E-state index in [4.69, 9.17) is 5.73 Å². The maximum absolute atomic E-state index is 12.1. The van der Waals surface area contributed by atoms with Crippen LogP contribution in [0.3, 0.4) is 0 Å². The van der Waals surface area contributed by atoms with Crippen molar-refractivity contribution in [2.75, 3.05) is 5.73 Å². The molecule has 1 aromatic heterocycles. The molecular weight excluding hydrogens is 254 g/mol. The van der Waals surface area contributed by atoms with Crippen molar-refractivity contribution in [1.29, 1.82) is 0 Å².